The maximum Gasteiger partial charge on any atom is 0.230 e. The molecule has 1 amide bonds. The zero-order chi connectivity index (χ0) is 14.4. The average molecular weight is 290 g/mol. The molecule has 0 bridgehead atoms. The standard InChI is InChI=1S/C14H18N4OS/c1-11-5-3-4-6-12(11)7-8-15-13(19)9-20-14-17-16-10-18(14)2/h3-6,10H,7-9H2,1-2H3,(H,15,19). The van der Waals surface area contributed by atoms with E-state index in [9.17, 15) is 4.79 Å². The Morgan fingerprint density at radius 2 is 2.20 bits per heavy atom. The summed E-state index contributed by atoms with van der Waals surface area (Å²) in [5, 5.41) is 11.4. The molecule has 2 aromatic rings. The highest BCUT2D eigenvalue weighted by molar-refractivity contribution is 7.99. The summed E-state index contributed by atoms with van der Waals surface area (Å²) in [5.41, 5.74) is 2.53. The van der Waals surface area contributed by atoms with Crippen LogP contribution >= 0.6 is 11.8 Å². The lowest BCUT2D eigenvalue weighted by Crippen LogP contribution is -2.27. The molecule has 0 saturated heterocycles. The maximum absolute atomic E-state index is 11.7. The molecule has 1 aromatic heterocycles. The molecule has 0 fully saturated rings. The second-order valence-electron chi connectivity index (χ2n) is 4.54. The number of benzene rings is 1. The van der Waals surface area contributed by atoms with Crippen LogP contribution in [0.2, 0.25) is 0 Å². The van der Waals surface area contributed by atoms with Gasteiger partial charge in [-0.25, -0.2) is 0 Å². The molecule has 0 aliphatic rings. The van der Waals surface area contributed by atoms with Crippen molar-refractivity contribution in [3.8, 4) is 0 Å². The molecule has 1 N–H and O–H groups in total. The van der Waals surface area contributed by atoms with Gasteiger partial charge in [-0.2, -0.15) is 0 Å². The first kappa shape index (κ1) is 14.6. The van der Waals surface area contributed by atoms with Crippen LogP contribution in [-0.4, -0.2) is 33.0 Å². The van der Waals surface area contributed by atoms with Crippen LogP contribution in [0.1, 0.15) is 11.1 Å². The van der Waals surface area contributed by atoms with Gasteiger partial charge in [0.15, 0.2) is 5.16 Å². The van der Waals surface area contributed by atoms with E-state index in [1.54, 1.807) is 10.9 Å². The fourth-order valence-electron chi connectivity index (χ4n) is 1.81. The summed E-state index contributed by atoms with van der Waals surface area (Å²) in [6.07, 6.45) is 2.48. The van der Waals surface area contributed by atoms with Crippen molar-refractivity contribution < 1.29 is 4.79 Å². The zero-order valence-corrected chi connectivity index (χ0v) is 12.5. The Labute approximate surface area is 122 Å². The Bertz CT molecular complexity index is 582. The van der Waals surface area contributed by atoms with Crippen molar-refractivity contribution in [3.63, 3.8) is 0 Å². The van der Waals surface area contributed by atoms with E-state index in [0.717, 1.165) is 11.6 Å². The lowest BCUT2D eigenvalue weighted by atomic mass is 10.1. The van der Waals surface area contributed by atoms with Crippen LogP contribution in [-0.2, 0) is 18.3 Å². The second-order valence-corrected chi connectivity index (χ2v) is 5.48. The Balaban J connectivity index is 1.71. The summed E-state index contributed by atoms with van der Waals surface area (Å²) < 4.78 is 1.80. The summed E-state index contributed by atoms with van der Waals surface area (Å²) in [4.78, 5) is 11.7. The third-order valence-corrected chi connectivity index (χ3v) is 4.01. The Morgan fingerprint density at radius 3 is 2.90 bits per heavy atom. The van der Waals surface area contributed by atoms with Crippen LogP contribution in [0.5, 0.6) is 0 Å². The van der Waals surface area contributed by atoms with Crippen molar-refractivity contribution in [2.75, 3.05) is 12.3 Å². The third-order valence-electron chi connectivity index (χ3n) is 2.98. The molecule has 6 heteroatoms. The minimum Gasteiger partial charge on any atom is -0.355 e. The summed E-state index contributed by atoms with van der Waals surface area (Å²) in [7, 11) is 1.86. The number of thioether (sulfide) groups is 1. The fraction of sp³-hybridized carbons (Fsp3) is 0.357. The summed E-state index contributed by atoms with van der Waals surface area (Å²) in [5.74, 6) is 0.381. The smallest absolute Gasteiger partial charge is 0.230 e. The first-order chi connectivity index (χ1) is 9.66. The molecule has 0 atom stereocenters. The van der Waals surface area contributed by atoms with E-state index in [0.29, 0.717) is 12.3 Å². The van der Waals surface area contributed by atoms with Gasteiger partial charge in [0.1, 0.15) is 6.33 Å². The third kappa shape index (κ3) is 4.09. The molecule has 2 rings (SSSR count). The highest BCUT2D eigenvalue weighted by Crippen LogP contribution is 2.12. The van der Waals surface area contributed by atoms with Gasteiger partial charge in [0.05, 0.1) is 5.75 Å². The SMILES string of the molecule is Cc1ccccc1CCNC(=O)CSc1nncn1C. The van der Waals surface area contributed by atoms with Gasteiger partial charge in [-0.05, 0) is 24.5 Å². The Hall–Kier alpha value is -1.82. The number of nitrogens with one attached hydrogen (secondary N) is 1. The number of amides is 1. The van der Waals surface area contributed by atoms with Gasteiger partial charge >= 0.3 is 0 Å². The number of hydrogen-bond donors (Lipinski definition) is 1. The normalized spacial score (nSPS) is 10.5. The van der Waals surface area contributed by atoms with E-state index < -0.39 is 0 Å². The highest BCUT2D eigenvalue weighted by atomic mass is 32.2. The summed E-state index contributed by atoms with van der Waals surface area (Å²) >= 11 is 1.39. The molecule has 1 heterocycles. The number of rotatable bonds is 6. The number of carbonyl (C=O) groups excluding carboxylic acids is 1. The van der Waals surface area contributed by atoms with E-state index >= 15 is 0 Å². The molecule has 106 valence electrons. The molecule has 1 aromatic carbocycles. The molecular weight excluding hydrogens is 272 g/mol. The summed E-state index contributed by atoms with van der Waals surface area (Å²) in [6.45, 7) is 2.74. The van der Waals surface area contributed by atoms with Gasteiger partial charge in [-0.3, -0.25) is 4.79 Å². The molecule has 0 unspecified atom stereocenters. The molecule has 0 saturated carbocycles. The van der Waals surface area contributed by atoms with E-state index in [4.69, 9.17) is 0 Å². The van der Waals surface area contributed by atoms with Gasteiger partial charge in [0.25, 0.3) is 0 Å². The van der Waals surface area contributed by atoms with Crippen LogP contribution in [0, 0.1) is 6.92 Å². The van der Waals surface area contributed by atoms with Crippen molar-refractivity contribution in [2.45, 2.75) is 18.5 Å². The molecule has 0 radical (unpaired) electrons. The van der Waals surface area contributed by atoms with Gasteiger partial charge in [0.2, 0.25) is 5.91 Å². The highest BCUT2D eigenvalue weighted by Gasteiger charge is 2.06. The van der Waals surface area contributed by atoms with Gasteiger partial charge < -0.3 is 9.88 Å². The van der Waals surface area contributed by atoms with Gasteiger partial charge in [-0.1, -0.05) is 36.0 Å². The average Bonchev–Trinajstić information content (AvgIpc) is 2.84. The van der Waals surface area contributed by atoms with E-state index in [2.05, 4.69) is 34.6 Å². The van der Waals surface area contributed by atoms with Gasteiger partial charge in [-0.15, -0.1) is 10.2 Å². The number of aromatic nitrogens is 3. The predicted molar refractivity (Wildman–Crippen MR) is 79.6 cm³/mol. The molecule has 0 aliphatic heterocycles. The first-order valence-corrected chi connectivity index (χ1v) is 7.43. The van der Waals surface area contributed by atoms with Crippen LogP contribution < -0.4 is 5.32 Å². The zero-order valence-electron chi connectivity index (χ0n) is 11.7. The number of nitrogens with zero attached hydrogens (tertiary/aromatic N) is 3. The summed E-state index contributed by atoms with van der Waals surface area (Å²) in [6, 6.07) is 8.22. The van der Waals surface area contributed by atoms with Crippen LogP contribution in [0.25, 0.3) is 0 Å². The molecule has 5 nitrogen and oxygen atoms in total. The van der Waals surface area contributed by atoms with Crippen molar-refractivity contribution in [3.05, 3.63) is 41.7 Å². The topological polar surface area (TPSA) is 59.8 Å². The minimum atomic E-state index is 0.0200. The largest absolute Gasteiger partial charge is 0.355 e. The van der Waals surface area contributed by atoms with Crippen molar-refractivity contribution >= 4 is 17.7 Å². The molecule has 20 heavy (non-hydrogen) atoms. The minimum absolute atomic E-state index is 0.0200. The van der Waals surface area contributed by atoms with E-state index in [-0.39, 0.29) is 5.91 Å². The molecule has 0 aliphatic carbocycles. The number of carbonyl (C=O) groups is 1. The Kier molecular flexibility index (Phi) is 5.17. The van der Waals surface area contributed by atoms with Crippen LogP contribution in [0.4, 0.5) is 0 Å². The first-order valence-electron chi connectivity index (χ1n) is 6.45. The second kappa shape index (κ2) is 7.09. The van der Waals surface area contributed by atoms with Crippen molar-refractivity contribution in [2.24, 2.45) is 7.05 Å². The maximum atomic E-state index is 11.7. The molecule has 0 spiro atoms. The monoisotopic (exact) mass is 290 g/mol. The lowest BCUT2D eigenvalue weighted by Gasteiger charge is -2.07. The number of hydrogen-bond acceptors (Lipinski definition) is 4. The Morgan fingerprint density at radius 1 is 1.40 bits per heavy atom. The lowest BCUT2D eigenvalue weighted by molar-refractivity contribution is -0.118. The van der Waals surface area contributed by atoms with Crippen molar-refractivity contribution in [1.82, 2.24) is 20.1 Å². The van der Waals surface area contributed by atoms with Crippen molar-refractivity contribution in [1.29, 1.82) is 0 Å². The quantitative estimate of drug-likeness (QED) is 0.821. The molecular formula is C14H18N4OS. The predicted octanol–water partition coefficient (Wildman–Crippen LogP) is 1.57. The van der Waals surface area contributed by atoms with Crippen LogP contribution in [0.3, 0.4) is 0 Å². The fourth-order valence-corrected chi connectivity index (χ4v) is 2.53. The van der Waals surface area contributed by atoms with Gasteiger partial charge in [0, 0.05) is 13.6 Å². The number of aryl methyl sites for hydroxylation is 2. The van der Waals surface area contributed by atoms with Crippen LogP contribution in [0.15, 0.2) is 35.7 Å². The van der Waals surface area contributed by atoms with E-state index in [1.165, 1.54) is 22.9 Å². The van der Waals surface area contributed by atoms with E-state index in [1.807, 2.05) is 19.2 Å².